The zero-order valence-electron chi connectivity index (χ0n) is 11.5. The van der Waals surface area contributed by atoms with Gasteiger partial charge in [0.2, 0.25) is 0 Å². The summed E-state index contributed by atoms with van der Waals surface area (Å²) in [6.07, 6.45) is -2.18. The van der Waals surface area contributed by atoms with E-state index >= 15 is 0 Å². The fourth-order valence-corrected chi connectivity index (χ4v) is 2.34. The van der Waals surface area contributed by atoms with Gasteiger partial charge in [-0.05, 0) is 43.3 Å². The van der Waals surface area contributed by atoms with Crippen LogP contribution in [0.4, 0.5) is 17.6 Å². The van der Waals surface area contributed by atoms with Gasteiger partial charge in [0.1, 0.15) is 5.82 Å². The van der Waals surface area contributed by atoms with Gasteiger partial charge in [-0.15, -0.1) is 0 Å². The van der Waals surface area contributed by atoms with Gasteiger partial charge >= 0.3 is 6.18 Å². The lowest BCUT2D eigenvalue weighted by Gasteiger charge is -2.22. The van der Waals surface area contributed by atoms with E-state index in [2.05, 4.69) is 10.3 Å². The Morgan fingerprint density at radius 1 is 1.14 bits per heavy atom. The zero-order chi connectivity index (χ0) is 15.6. The van der Waals surface area contributed by atoms with Gasteiger partial charge in [-0.1, -0.05) is 6.07 Å². The van der Waals surface area contributed by atoms with Crippen LogP contribution in [-0.4, -0.2) is 12.0 Å². The first-order valence-corrected chi connectivity index (χ1v) is 6.29. The van der Waals surface area contributed by atoms with E-state index in [9.17, 15) is 17.6 Å². The Bertz CT molecular complexity index is 638. The Hall–Kier alpha value is -1.95. The summed E-state index contributed by atoms with van der Waals surface area (Å²) < 4.78 is 52.5. The molecular weight excluding hydrogens is 284 g/mol. The van der Waals surface area contributed by atoms with Crippen molar-refractivity contribution in [2.75, 3.05) is 7.05 Å². The molecule has 2 rings (SSSR count). The summed E-state index contributed by atoms with van der Waals surface area (Å²) in [5, 5.41) is 2.84. The average Bonchev–Trinajstić information content (AvgIpc) is 2.41. The SMILES string of the molecule is CNC(c1ccc(F)cc1C)c1cnccc1C(F)(F)F. The first kappa shape index (κ1) is 15.4. The van der Waals surface area contributed by atoms with Crippen molar-refractivity contribution in [1.82, 2.24) is 10.3 Å². The summed E-state index contributed by atoms with van der Waals surface area (Å²) in [6, 6.07) is 4.24. The Morgan fingerprint density at radius 2 is 1.86 bits per heavy atom. The third-order valence-electron chi connectivity index (χ3n) is 3.30. The Kier molecular flexibility index (Phi) is 4.27. The summed E-state index contributed by atoms with van der Waals surface area (Å²) in [5.41, 5.74) is 0.423. The molecule has 0 aliphatic rings. The van der Waals surface area contributed by atoms with Crippen LogP contribution in [-0.2, 0) is 6.18 Å². The number of hydrogen-bond acceptors (Lipinski definition) is 2. The molecule has 0 bridgehead atoms. The van der Waals surface area contributed by atoms with Crippen molar-refractivity contribution < 1.29 is 17.6 Å². The molecule has 112 valence electrons. The number of benzene rings is 1. The van der Waals surface area contributed by atoms with E-state index in [1.807, 2.05) is 0 Å². The van der Waals surface area contributed by atoms with Crippen LogP contribution in [0.3, 0.4) is 0 Å². The minimum Gasteiger partial charge on any atom is -0.309 e. The quantitative estimate of drug-likeness (QED) is 0.870. The molecule has 0 radical (unpaired) electrons. The lowest BCUT2D eigenvalue weighted by molar-refractivity contribution is -0.138. The van der Waals surface area contributed by atoms with Crippen LogP contribution in [0.5, 0.6) is 0 Å². The minimum absolute atomic E-state index is 0.0159. The van der Waals surface area contributed by atoms with Gasteiger partial charge in [0.05, 0.1) is 11.6 Å². The standard InChI is InChI=1S/C15H14F4N2/c1-9-7-10(16)3-4-11(9)14(20-2)12-8-21-6-5-13(12)15(17,18)19/h3-8,14,20H,1-2H3. The fourth-order valence-electron chi connectivity index (χ4n) is 2.34. The predicted molar refractivity (Wildman–Crippen MR) is 71.3 cm³/mol. The topological polar surface area (TPSA) is 24.9 Å². The van der Waals surface area contributed by atoms with E-state index in [1.54, 1.807) is 14.0 Å². The normalized spacial score (nSPS) is 13.2. The number of nitrogens with zero attached hydrogens (tertiary/aromatic N) is 1. The number of rotatable bonds is 3. The summed E-state index contributed by atoms with van der Waals surface area (Å²) in [7, 11) is 1.56. The van der Waals surface area contributed by atoms with E-state index in [1.165, 1.54) is 24.4 Å². The summed E-state index contributed by atoms with van der Waals surface area (Å²) in [5.74, 6) is -0.423. The molecule has 1 aromatic carbocycles. The number of halogens is 4. The van der Waals surface area contributed by atoms with Gasteiger partial charge in [-0.2, -0.15) is 13.2 Å². The van der Waals surface area contributed by atoms with E-state index in [0.717, 1.165) is 12.3 Å². The Balaban J connectivity index is 2.57. The van der Waals surface area contributed by atoms with Gasteiger partial charge in [0.15, 0.2) is 0 Å². The van der Waals surface area contributed by atoms with Gasteiger partial charge < -0.3 is 5.32 Å². The van der Waals surface area contributed by atoms with Gasteiger partial charge in [0.25, 0.3) is 0 Å². The van der Waals surface area contributed by atoms with E-state index in [4.69, 9.17) is 0 Å². The van der Waals surface area contributed by atoms with Crippen LogP contribution in [0.2, 0.25) is 0 Å². The highest BCUT2D eigenvalue weighted by molar-refractivity contribution is 5.40. The zero-order valence-corrected chi connectivity index (χ0v) is 11.5. The molecule has 0 saturated heterocycles. The van der Waals surface area contributed by atoms with E-state index < -0.39 is 23.6 Å². The summed E-state index contributed by atoms with van der Waals surface area (Å²) in [4.78, 5) is 3.79. The fraction of sp³-hybridized carbons (Fsp3) is 0.267. The molecule has 1 N–H and O–H groups in total. The molecule has 1 aromatic heterocycles. The van der Waals surface area contributed by atoms with Crippen molar-refractivity contribution in [2.24, 2.45) is 0 Å². The maximum atomic E-state index is 13.2. The van der Waals surface area contributed by atoms with Crippen molar-refractivity contribution in [1.29, 1.82) is 0 Å². The third kappa shape index (κ3) is 3.21. The second kappa shape index (κ2) is 5.81. The lowest BCUT2D eigenvalue weighted by Crippen LogP contribution is -2.23. The summed E-state index contributed by atoms with van der Waals surface area (Å²) in [6.45, 7) is 1.66. The molecule has 1 heterocycles. The van der Waals surface area contributed by atoms with Gasteiger partial charge in [-0.3, -0.25) is 4.98 Å². The van der Waals surface area contributed by atoms with Gasteiger partial charge in [0, 0.05) is 18.0 Å². The van der Waals surface area contributed by atoms with Crippen LogP contribution in [0.25, 0.3) is 0 Å². The molecular formula is C15H14F4N2. The highest BCUT2D eigenvalue weighted by atomic mass is 19.4. The number of hydrogen-bond donors (Lipinski definition) is 1. The third-order valence-corrected chi connectivity index (χ3v) is 3.30. The van der Waals surface area contributed by atoms with Gasteiger partial charge in [-0.25, -0.2) is 4.39 Å². The molecule has 1 atom stereocenters. The smallest absolute Gasteiger partial charge is 0.309 e. The number of aryl methyl sites for hydroxylation is 1. The van der Waals surface area contributed by atoms with E-state index in [-0.39, 0.29) is 5.56 Å². The van der Waals surface area contributed by atoms with Crippen molar-refractivity contribution in [3.8, 4) is 0 Å². The monoisotopic (exact) mass is 298 g/mol. The van der Waals surface area contributed by atoms with Crippen LogP contribution in [0, 0.1) is 12.7 Å². The Morgan fingerprint density at radius 3 is 2.43 bits per heavy atom. The summed E-state index contributed by atoms with van der Waals surface area (Å²) >= 11 is 0. The molecule has 0 amide bonds. The molecule has 2 nitrogen and oxygen atoms in total. The van der Waals surface area contributed by atoms with Crippen LogP contribution >= 0.6 is 0 Å². The van der Waals surface area contributed by atoms with Crippen molar-refractivity contribution >= 4 is 0 Å². The lowest BCUT2D eigenvalue weighted by atomic mass is 9.93. The minimum atomic E-state index is -4.47. The molecule has 0 aliphatic heterocycles. The first-order valence-electron chi connectivity index (χ1n) is 6.29. The first-order chi connectivity index (χ1) is 9.84. The average molecular weight is 298 g/mol. The second-order valence-corrected chi connectivity index (χ2v) is 4.68. The Labute approximate surface area is 119 Å². The van der Waals surface area contributed by atoms with Crippen molar-refractivity contribution in [2.45, 2.75) is 19.1 Å². The number of nitrogens with one attached hydrogen (secondary N) is 1. The molecule has 2 aromatic rings. The maximum Gasteiger partial charge on any atom is 0.416 e. The molecule has 0 saturated carbocycles. The maximum absolute atomic E-state index is 13.2. The molecule has 0 fully saturated rings. The van der Waals surface area contributed by atoms with Crippen LogP contribution in [0.15, 0.2) is 36.7 Å². The van der Waals surface area contributed by atoms with E-state index in [0.29, 0.717) is 11.1 Å². The number of pyridine rings is 1. The highest BCUT2D eigenvalue weighted by Gasteiger charge is 2.35. The largest absolute Gasteiger partial charge is 0.416 e. The van der Waals surface area contributed by atoms with Crippen LogP contribution < -0.4 is 5.32 Å². The van der Waals surface area contributed by atoms with Crippen LogP contribution in [0.1, 0.15) is 28.3 Å². The molecule has 6 heteroatoms. The molecule has 0 aliphatic carbocycles. The number of aromatic nitrogens is 1. The highest BCUT2D eigenvalue weighted by Crippen LogP contribution is 2.36. The number of alkyl halides is 3. The molecule has 21 heavy (non-hydrogen) atoms. The van der Waals surface area contributed by atoms with Crippen molar-refractivity contribution in [3.63, 3.8) is 0 Å². The molecule has 0 spiro atoms. The predicted octanol–water partition coefficient (Wildman–Crippen LogP) is 3.86. The molecule has 1 unspecified atom stereocenters. The second-order valence-electron chi connectivity index (χ2n) is 4.68. The van der Waals surface area contributed by atoms with Crippen molar-refractivity contribution in [3.05, 3.63) is 64.7 Å².